The van der Waals surface area contributed by atoms with Gasteiger partial charge in [-0.2, -0.15) is 31.3 Å². The van der Waals surface area contributed by atoms with E-state index < -0.39 is 24.3 Å². The molecule has 2 aromatic heterocycles. The third kappa shape index (κ3) is 4.34. The molecule has 1 fully saturated rings. The second-order valence-corrected chi connectivity index (χ2v) is 8.48. The molecule has 4 aromatic rings. The molecule has 35 heavy (non-hydrogen) atoms. The van der Waals surface area contributed by atoms with Gasteiger partial charge in [0.2, 0.25) is 5.28 Å². The predicted octanol–water partition coefficient (Wildman–Crippen LogP) is 6.33. The first-order valence-corrected chi connectivity index (χ1v) is 10.7. The Morgan fingerprint density at radius 2 is 1.74 bits per heavy atom. The zero-order chi connectivity index (χ0) is 25.0. The highest BCUT2D eigenvalue weighted by Crippen LogP contribution is 2.57. The van der Waals surface area contributed by atoms with E-state index in [1.165, 1.54) is 28.7 Å². The number of aromatic nitrogens is 4. The van der Waals surface area contributed by atoms with E-state index in [0.717, 1.165) is 4.90 Å². The van der Waals surface area contributed by atoms with Crippen LogP contribution in [-0.2, 0) is 0 Å². The Morgan fingerprint density at radius 1 is 1.00 bits per heavy atom. The summed E-state index contributed by atoms with van der Waals surface area (Å²) in [7, 11) is 0. The summed E-state index contributed by atoms with van der Waals surface area (Å²) in [5, 5.41) is 7.92. The number of para-hydroxylation sites is 1. The van der Waals surface area contributed by atoms with Crippen LogP contribution in [0.4, 0.5) is 37.8 Å². The predicted molar refractivity (Wildman–Crippen MR) is 117 cm³/mol. The van der Waals surface area contributed by atoms with E-state index in [0.29, 0.717) is 10.9 Å². The van der Waals surface area contributed by atoms with E-state index in [2.05, 4.69) is 27.0 Å². The Bertz CT molecular complexity index is 1490. The number of benzene rings is 2. The Hall–Kier alpha value is -3.52. The fourth-order valence-corrected chi connectivity index (χ4v) is 3.98. The lowest BCUT2D eigenvalue weighted by Crippen LogP contribution is -2.31. The molecule has 2 heterocycles. The lowest BCUT2D eigenvalue weighted by atomic mass is 10.1. The second-order valence-electron chi connectivity index (χ2n) is 8.14. The fraction of sp³-hybridized carbons (Fsp3) is 0.261. The van der Waals surface area contributed by atoms with Crippen LogP contribution >= 0.6 is 11.6 Å². The van der Waals surface area contributed by atoms with Crippen LogP contribution in [0.1, 0.15) is 18.4 Å². The third-order valence-corrected chi connectivity index (χ3v) is 5.93. The highest BCUT2D eigenvalue weighted by atomic mass is 35.5. The van der Waals surface area contributed by atoms with Crippen LogP contribution in [-0.4, -0.2) is 38.5 Å². The maximum Gasteiger partial charge on any atom is 0.406 e. The molecule has 1 aliphatic rings. The smallest absolute Gasteiger partial charge is 0.317 e. The van der Waals surface area contributed by atoms with Gasteiger partial charge in [0.05, 0.1) is 5.52 Å². The molecule has 0 saturated heterocycles. The van der Waals surface area contributed by atoms with Gasteiger partial charge in [0, 0.05) is 16.6 Å². The fourth-order valence-electron chi connectivity index (χ4n) is 3.77. The maximum atomic E-state index is 13.7. The summed E-state index contributed by atoms with van der Waals surface area (Å²) in [6.07, 6.45) is -9.28. The summed E-state index contributed by atoms with van der Waals surface area (Å²) in [6, 6.07) is 12.1. The van der Waals surface area contributed by atoms with Crippen molar-refractivity contribution in [3.63, 3.8) is 0 Å². The monoisotopic (exact) mass is 509 g/mol. The quantitative estimate of drug-likeness (QED) is 0.239. The van der Waals surface area contributed by atoms with Crippen LogP contribution in [0, 0.1) is 17.3 Å². The summed E-state index contributed by atoms with van der Waals surface area (Å²) in [6.45, 7) is -1.41. The number of rotatable bonds is 3. The van der Waals surface area contributed by atoms with Crippen molar-refractivity contribution < 1.29 is 26.3 Å². The van der Waals surface area contributed by atoms with E-state index in [9.17, 15) is 26.3 Å². The molecule has 0 bridgehead atoms. The summed E-state index contributed by atoms with van der Waals surface area (Å²) in [5.41, 5.74) is -1.41. The summed E-state index contributed by atoms with van der Waals surface area (Å²) < 4.78 is 82.1. The van der Waals surface area contributed by atoms with Gasteiger partial charge >= 0.3 is 12.4 Å². The SMILES string of the molecule is FC(F)(F)CN(c1cccc(C#CC2(C(F)(F)F)CC2)c1)c1nc2nnc(Cl)n2c2ccccc12. The van der Waals surface area contributed by atoms with Gasteiger partial charge in [-0.3, -0.25) is 0 Å². The molecular formula is C23H14ClF6N5. The Kier molecular flexibility index (Phi) is 5.32. The van der Waals surface area contributed by atoms with Crippen LogP contribution in [0.3, 0.4) is 0 Å². The molecule has 0 radical (unpaired) electrons. The van der Waals surface area contributed by atoms with Crippen LogP contribution in [0.25, 0.3) is 16.7 Å². The van der Waals surface area contributed by atoms with Gasteiger partial charge in [0.1, 0.15) is 17.8 Å². The van der Waals surface area contributed by atoms with Crippen molar-refractivity contribution in [2.75, 3.05) is 11.4 Å². The molecule has 0 amide bonds. The minimum absolute atomic E-state index is 0.00596. The molecule has 0 atom stereocenters. The number of halogens is 7. The molecule has 2 aromatic carbocycles. The number of hydrogen-bond acceptors (Lipinski definition) is 4. The number of fused-ring (bicyclic) bond motifs is 3. The van der Waals surface area contributed by atoms with Crippen LogP contribution < -0.4 is 4.90 Å². The lowest BCUT2D eigenvalue weighted by molar-refractivity contribution is -0.168. The van der Waals surface area contributed by atoms with Crippen molar-refractivity contribution in [1.29, 1.82) is 0 Å². The van der Waals surface area contributed by atoms with Gasteiger partial charge in [-0.1, -0.05) is 30.0 Å². The van der Waals surface area contributed by atoms with Gasteiger partial charge in [-0.25, -0.2) is 4.40 Å². The Labute approximate surface area is 199 Å². The Balaban J connectivity index is 1.65. The molecule has 0 spiro atoms. The maximum absolute atomic E-state index is 13.7. The van der Waals surface area contributed by atoms with E-state index in [1.54, 1.807) is 24.3 Å². The third-order valence-electron chi connectivity index (χ3n) is 5.69. The highest BCUT2D eigenvalue weighted by molar-refractivity contribution is 6.29. The molecular weight excluding hydrogens is 496 g/mol. The van der Waals surface area contributed by atoms with Crippen molar-refractivity contribution in [3.8, 4) is 11.8 Å². The van der Waals surface area contributed by atoms with Crippen molar-refractivity contribution in [3.05, 3.63) is 59.4 Å². The normalized spacial score (nSPS) is 15.2. The van der Waals surface area contributed by atoms with Gasteiger partial charge in [-0.05, 0) is 54.8 Å². The first kappa shape index (κ1) is 23.2. The minimum Gasteiger partial charge on any atom is -0.317 e. The highest BCUT2D eigenvalue weighted by Gasteiger charge is 2.62. The zero-order valence-corrected chi connectivity index (χ0v) is 18.4. The average molecular weight is 510 g/mol. The molecule has 12 heteroatoms. The summed E-state index contributed by atoms with van der Waals surface area (Å²) in [5.74, 6) is 4.69. The van der Waals surface area contributed by atoms with Crippen LogP contribution in [0.5, 0.6) is 0 Å². The van der Waals surface area contributed by atoms with Crippen LogP contribution in [0.15, 0.2) is 48.5 Å². The second kappa shape index (κ2) is 8.02. The minimum atomic E-state index is -4.63. The molecule has 5 rings (SSSR count). The number of anilines is 2. The standard InChI is InChI=1S/C23H14ClF6N5/c24-19-32-33-20-31-18(16-6-1-2-7-17(16)35(19)20)34(13-22(25,26)27)15-5-3-4-14(12-15)8-9-21(10-11-21)23(28,29)30/h1-7,12H,10-11,13H2. The lowest BCUT2D eigenvalue weighted by Gasteiger charge is -2.26. The molecule has 0 N–H and O–H groups in total. The number of nitrogens with zero attached hydrogens (tertiary/aromatic N) is 5. The van der Waals surface area contributed by atoms with E-state index in [1.807, 2.05) is 0 Å². The van der Waals surface area contributed by atoms with E-state index in [4.69, 9.17) is 11.6 Å². The van der Waals surface area contributed by atoms with Gasteiger partial charge in [0.15, 0.2) is 0 Å². The largest absolute Gasteiger partial charge is 0.406 e. The average Bonchev–Trinajstić information content (AvgIpc) is 3.52. The van der Waals surface area contributed by atoms with Gasteiger partial charge in [0.25, 0.3) is 5.78 Å². The number of alkyl halides is 6. The van der Waals surface area contributed by atoms with Gasteiger partial charge < -0.3 is 4.90 Å². The molecule has 1 saturated carbocycles. The van der Waals surface area contributed by atoms with Crippen molar-refractivity contribution in [2.24, 2.45) is 5.41 Å². The molecule has 0 aliphatic heterocycles. The zero-order valence-electron chi connectivity index (χ0n) is 17.6. The first-order valence-electron chi connectivity index (χ1n) is 10.3. The topological polar surface area (TPSA) is 46.3 Å². The summed E-state index contributed by atoms with van der Waals surface area (Å²) in [4.78, 5) is 5.21. The molecule has 0 unspecified atom stereocenters. The van der Waals surface area contributed by atoms with Crippen molar-refractivity contribution >= 4 is 39.8 Å². The van der Waals surface area contributed by atoms with E-state index >= 15 is 0 Å². The first-order chi connectivity index (χ1) is 16.5. The number of hydrogen-bond donors (Lipinski definition) is 0. The Morgan fingerprint density at radius 3 is 2.43 bits per heavy atom. The van der Waals surface area contributed by atoms with Gasteiger partial charge in [-0.15, -0.1) is 10.2 Å². The van der Waals surface area contributed by atoms with Crippen molar-refractivity contribution in [1.82, 2.24) is 19.6 Å². The molecule has 5 nitrogen and oxygen atoms in total. The van der Waals surface area contributed by atoms with Crippen molar-refractivity contribution in [2.45, 2.75) is 25.2 Å². The molecule has 1 aliphatic carbocycles. The summed E-state index contributed by atoms with van der Waals surface area (Å²) >= 11 is 6.10. The van der Waals surface area contributed by atoms with E-state index in [-0.39, 0.29) is 41.0 Å². The molecule has 180 valence electrons. The van der Waals surface area contributed by atoms with Crippen LogP contribution in [0.2, 0.25) is 5.28 Å².